The Kier molecular flexibility index (Phi) is 5.47. The maximum absolute atomic E-state index is 14.9. The summed E-state index contributed by atoms with van der Waals surface area (Å²) >= 11 is 0. The summed E-state index contributed by atoms with van der Waals surface area (Å²) in [5.41, 5.74) is -2.11. The molecule has 0 radical (unpaired) electrons. The highest BCUT2D eigenvalue weighted by Crippen LogP contribution is 2.33. The van der Waals surface area contributed by atoms with Gasteiger partial charge in [-0.1, -0.05) is 0 Å². The fourth-order valence-corrected chi connectivity index (χ4v) is 3.75. The number of carbonyl (C=O) groups is 2. The zero-order chi connectivity index (χ0) is 24.3. The molecule has 0 unspecified atom stereocenters. The zero-order valence-electron chi connectivity index (χ0n) is 18.0. The lowest BCUT2D eigenvalue weighted by atomic mass is 9.96. The van der Waals surface area contributed by atoms with E-state index >= 15 is 0 Å². The Morgan fingerprint density at radius 3 is 2.31 bits per heavy atom. The normalized spacial score (nSPS) is 19.1. The summed E-state index contributed by atoms with van der Waals surface area (Å²) in [6.45, 7) is 6.67. The van der Waals surface area contributed by atoms with Gasteiger partial charge in [0, 0.05) is 31.4 Å². The van der Waals surface area contributed by atoms with E-state index in [0.29, 0.717) is 4.90 Å². The minimum atomic E-state index is -5.02. The maximum Gasteiger partial charge on any atom is 0.471 e. The van der Waals surface area contributed by atoms with Crippen molar-refractivity contribution in [3.05, 3.63) is 33.9 Å². The van der Waals surface area contributed by atoms with Crippen molar-refractivity contribution in [3.8, 4) is 0 Å². The Balaban J connectivity index is 2.08. The molecule has 2 atom stereocenters. The Bertz CT molecular complexity index is 1170. The van der Waals surface area contributed by atoms with Crippen molar-refractivity contribution in [2.24, 2.45) is 0 Å². The Hall–Kier alpha value is -3.18. The molecule has 1 aliphatic heterocycles. The van der Waals surface area contributed by atoms with Gasteiger partial charge < -0.3 is 19.5 Å². The van der Waals surface area contributed by atoms with Crippen LogP contribution in [-0.4, -0.2) is 63.3 Å². The van der Waals surface area contributed by atoms with Gasteiger partial charge in [-0.15, -0.1) is 0 Å². The summed E-state index contributed by atoms with van der Waals surface area (Å²) in [5, 5.41) is 9.12. The monoisotopic (exact) mass is 458 g/mol. The van der Waals surface area contributed by atoms with Gasteiger partial charge in [-0.2, -0.15) is 13.2 Å². The Morgan fingerprint density at radius 1 is 1.25 bits per heavy atom. The molecule has 3 heterocycles. The first kappa shape index (κ1) is 23.5. The maximum atomic E-state index is 14.9. The molecule has 0 aliphatic carbocycles. The van der Waals surface area contributed by atoms with Crippen LogP contribution in [0.4, 0.5) is 23.4 Å². The number of likely N-dealkylation sites (N-methyl/N-ethyl adjacent to an activating group) is 1. The van der Waals surface area contributed by atoms with Gasteiger partial charge in [0.15, 0.2) is 11.6 Å². The molecule has 0 saturated carbocycles. The van der Waals surface area contributed by atoms with Crippen molar-refractivity contribution in [1.82, 2.24) is 14.5 Å². The molecule has 2 aromatic rings. The molecule has 8 nitrogen and oxygen atoms in total. The molecule has 1 aliphatic rings. The van der Waals surface area contributed by atoms with Crippen molar-refractivity contribution in [3.63, 3.8) is 0 Å². The summed E-state index contributed by atoms with van der Waals surface area (Å²) in [6.07, 6.45) is -3.88. The highest BCUT2D eigenvalue weighted by molar-refractivity contribution is 5.92. The standard InChI is InChI=1S/C20H22F4N4O4/c1-9-13(26(5)18(32)20(22,23)24)8-27(9)16-12(21)6-10-14(29)11(17(30)31)7-28(15(10)25-16)19(2,3)4/h6-7,9,13H,8H2,1-5H3,(H,30,31)/t9-,13+/m0/s1. The lowest BCUT2D eigenvalue weighted by Crippen LogP contribution is -2.67. The van der Waals surface area contributed by atoms with Crippen LogP contribution in [0.5, 0.6) is 0 Å². The lowest BCUT2D eigenvalue weighted by molar-refractivity contribution is -0.187. The van der Waals surface area contributed by atoms with Crippen LogP contribution in [0, 0.1) is 5.82 Å². The number of nitrogens with zero attached hydrogens (tertiary/aromatic N) is 4. The van der Waals surface area contributed by atoms with Crippen molar-refractivity contribution >= 4 is 28.7 Å². The van der Waals surface area contributed by atoms with Crippen LogP contribution in [0.2, 0.25) is 0 Å². The molecule has 1 N–H and O–H groups in total. The Labute approximate surface area is 180 Å². The first-order chi connectivity index (χ1) is 14.6. The molecular formula is C20H22F4N4O4. The Morgan fingerprint density at radius 2 is 1.84 bits per heavy atom. The third-order valence-electron chi connectivity index (χ3n) is 5.63. The van der Waals surface area contributed by atoms with E-state index in [1.54, 1.807) is 20.8 Å². The van der Waals surface area contributed by atoms with Crippen LogP contribution < -0.4 is 10.3 Å². The molecule has 174 valence electrons. The van der Waals surface area contributed by atoms with Crippen molar-refractivity contribution < 1.29 is 32.3 Å². The summed E-state index contributed by atoms with van der Waals surface area (Å²) in [4.78, 5) is 41.8. The second-order valence-electron chi connectivity index (χ2n) is 8.76. The van der Waals surface area contributed by atoms with E-state index in [1.165, 1.54) is 16.4 Å². The summed E-state index contributed by atoms with van der Waals surface area (Å²) in [5.74, 6) is -4.58. The van der Waals surface area contributed by atoms with Crippen LogP contribution in [0.1, 0.15) is 38.1 Å². The second-order valence-corrected chi connectivity index (χ2v) is 8.76. The van der Waals surface area contributed by atoms with Crippen molar-refractivity contribution in [2.45, 2.75) is 51.5 Å². The number of fused-ring (bicyclic) bond motifs is 1. The third kappa shape index (κ3) is 3.78. The van der Waals surface area contributed by atoms with Crippen LogP contribution in [0.3, 0.4) is 0 Å². The van der Waals surface area contributed by atoms with Crippen LogP contribution in [0.15, 0.2) is 17.1 Å². The van der Waals surface area contributed by atoms with E-state index in [-0.39, 0.29) is 23.4 Å². The number of carboxylic acids is 1. The molecule has 3 rings (SSSR count). The molecule has 1 saturated heterocycles. The fraction of sp³-hybridized carbons (Fsp3) is 0.500. The van der Waals surface area contributed by atoms with E-state index in [4.69, 9.17) is 0 Å². The number of hydrogen-bond acceptors (Lipinski definition) is 5. The highest BCUT2D eigenvalue weighted by Gasteiger charge is 2.49. The third-order valence-corrected chi connectivity index (χ3v) is 5.63. The number of amides is 1. The zero-order valence-corrected chi connectivity index (χ0v) is 18.0. The van der Waals surface area contributed by atoms with Gasteiger partial charge in [0.25, 0.3) is 0 Å². The number of aromatic nitrogens is 2. The van der Waals surface area contributed by atoms with Crippen LogP contribution in [-0.2, 0) is 10.3 Å². The highest BCUT2D eigenvalue weighted by atomic mass is 19.4. The minimum Gasteiger partial charge on any atom is -0.477 e. The van der Waals surface area contributed by atoms with Crippen molar-refractivity contribution in [1.29, 1.82) is 0 Å². The minimum absolute atomic E-state index is 0.0410. The van der Waals surface area contributed by atoms with Gasteiger partial charge in [-0.3, -0.25) is 9.59 Å². The molecular weight excluding hydrogens is 436 g/mol. The SMILES string of the molecule is C[C@H]1[C@H](N(C)C(=O)C(F)(F)F)CN1c1nc2c(cc1F)c(=O)c(C(=O)O)cn2C(C)(C)C. The number of rotatable bonds is 3. The van der Waals surface area contributed by atoms with E-state index in [0.717, 1.165) is 19.3 Å². The molecule has 2 aromatic heterocycles. The van der Waals surface area contributed by atoms with Gasteiger partial charge in [-0.05, 0) is 33.8 Å². The molecule has 1 amide bonds. The van der Waals surface area contributed by atoms with Gasteiger partial charge in [0.05, 0.1) is 11.4 Å². The number of halogens is 4. The number of aromatic carboxylic acids is 1. The predicted molar refractivity (Wildman–Crippen MR) is 107 cm³/mol. The van der Waals surface area contributed by atoms with Gasteiger partial charge >= 0.3 is 18.1 Å². The summed E-state index contributed by atoms with van der Waals surface area (Å²) in [6, 6.07) is -0.613. The number of carbonyl (C=O) groups excluding carboxylic acids is 1. The van der Waals surface area contributed by atoms with Crippen molar-refractivity contribution in [2.75, 3.05) is 18.5 Å². The predicted octanol–water partition coefficient (Wildman–Crippen LogP) is 2.59. The van der Waals surface area contributed by atoms with Crippen LogP contribution in [0.25, 0.3) is 11.0 Å². The van der Waals surface area contributed by atoms with Gasteiger partial charge in [0.1, 0.15) is 11.2 Å². The quantitative estimate of drug-likeness (QED) is 0.711. The van der Waals surface area contributed by atoms with E-state index < -0.39 is 52.5 Å². The van der Waals surface area contributed by atoms with Crippen LogP contribution >= 0.6 is 0 Å². The number of alkyl halides is 3. The van der Waals surface area contributed by atoms with Gasteiger partial charge in [0.2, 0.25) is 5.43 Å². The number of anilines is 1. The number of hydrogen-bond donors (Lipinski definition) is 1. The van der Waals surface area contributed by atoms with E-state index in [9.17, 15) is 37.1 Å². The lowest BCUT2D eigenvalue weighted by Gasteiger charge is -2.50. The second kappa shape index (κ2) is 7.45. The number of pyridine rings is 2. The first-order valence-electron chi connectivity index (χ1n) is 9.66. The smallest absolute Gasteiger partial charge is 0.471 e. The molecule has 0 bridgehead atoms. The molecule has 0 spiro atoms. The topological polar surface area (TPSA) is 95.7 Å². The summed E-state index contributed by atoms with van der Waals surface area (Å²) in [7, 11) is 1.03. The van der Waals surface area contributed by atoms with E-state index in [1.807, 2.05) is 0 Å². The molecule has 0 aromatic carbocycles. The molecule has 12 heteroatoms. The summed E-state index contributed by atoms with van der Waals surface area (Å²) < 4.78 is 54.6. The first-order valence-corrected chi connectivity index (χ1v) is 9.66. The molecule has 32 heavy (non-hydrogen) atoms. The van der Waals surface area contributed by atoms with Gasteiger partial charge in [-0.25, -0.2) is 14.2 Å². The average molecular weight is 458 g/mol. The van der Waals surface area contributed by atoms with E-state index in [2.05, 4.69) is 4.98 Å². The average Bonchev–Trinajstić information content (AvgIpc) is 2.65. The number of carboxylic acid groups (broad SMARTS) is 1. The molecule has 1 fully saturated rings. The largest absolute Gasteiger partial charge is 0.477 e. The fourth-order valence-electron chi connectivity index (χ4n) is 3.75.